The number of carboxylic acid groups (broad SMARTS) is 1. The number of benzene rings is 1. The van der Waals surface area contributed by atoms with E-state index in [1.165, 1.54) is 17.6 Å². The van der Waals surface area contributed by atoms with Crippen molar-refractivity contribution in [3.8, 4) is 5.75 Å². The first-order valence-electron chi connectivity index (χ1n) is 8.41. The van der Waals surface area contributed by atoms with E-state index in [1.807, 2.05) is 26.0 Å². The number of carboxylic acids is 1. The third-order valence-electron chi connectivity index (χ3n) is 4.25. The number of aliphatic carboxylic acids is 1. The maximum absolute atomic E-state index is 12.1. The van der Waals surface area contributed by atoms with Gasteiger partial charge in [-0.05, 0) is 31.5 Å². The van der Waals surface area contributed by atoms with Crippen LogP contribution in [0.25, 0.3) is 11.1 Å². The second-order valence-electron chi connectivity index (χ2n) is 6.49. The minimum absolute atomic E-state index is 0.0125. The van der Waals surface area contributed by atoms with Crippen LogP contribution in [0.4, 0.5) is 0 Å². The van der Waals surface area contributed by atoms with E-state index >= 15 is 0 Å². The molecule has 0 radical (unpaired) electrons. The van der Waals surface area contributed by atoms with Crippen molar-refractivity contribution in [1.29, 1.82) is 0 Å². The van der Waals surface area contributed by atoms with Gasteiger partial charge in [0.2, 0.25) is 0 Å². The first-order valence-corrected chi connectivity index (χ1v) is 8.79. The highest BCUT2D eigenvalue weighted by atomic mass is 35.5. The average Bonchev–Trinajstić information content (AvgIpc) is 2.90. The summed E-state index contributed by atoms with van der Waals surface area (Å²) < 4.78 is 12.4. The Hall–Kier alpha value is -2.80. The van der Waals surface area contributed by atoms with Gasteiger partial charge in [0.15, 0.2) is 5.58 Å². The zero-order valence-electron chi connectivity index (χ0n) is 15.1. The van der Waals surface area contributed by atoms with Crippen molar-refractivity contribution >= 4 is 28.7 Å². The molecule has 2 atom stereocenters. The molecule has 0 bridgehead atoms. The Morgan fingerprint density at radius 3 is 2.74 bits per heavy atom. The number of fused-ring (bicyclic) bond motifs is 1. The standard InChI is InChI=1S/C19H19ClN2O5/c1-10-4-5-14(21-8-10)12(3)26-16-7-17-15(6-13(16)20)22(19(25)27-17)9-11(2)18(23)24/h4-8,11-12H,9H2,1-3H3,(H,23,24). The summed E-state index contributed by atoms with van der Waals surface area (Å²) in [4.78, 5) is 27.5. The van der Waals surface area contributed by atoms with Crippen LogP contribution in [0.5, 0.6) is 5.75 Å². The molecule has 0 aliphatic carbocycles. The summed E-state index contributed by atoms with van der Waals surface area (Å²) >= 11 is 6.32. The summed E-state index contributed by atoms with van der Waals surface area (Å²) in [5.41, 5.74) is 2.49. The lowest BCUT2D eigenvalue weighted by Crippen LogP contribution is -2.23. The number of ether oxygens (including phenoxy) is 1. The fourth-order valence-corrected chi connectivity index (χ4v) is 2.85. The number of hydrogen-bond acceptors (Lipinski definition) is 5. The van der Waals surface area contributed by atoms with Gasteiger partial charge < -0.3 is 14.3 Å². The molecule has 0 fully saturated rings. The minimum Gasteiger partial charge on any atom is -0.483 e. The fraction of sp³-hybridized carbons (Fsp3) is 0.316. The van der Waals surface area contributed by atoms with E-state index in [0.29, 0.717) is 16.3 Å². The summed E-state index contributed by atoms with van der Waals surface area (Å²) in [6.45, 7) is 5.30. The maximum Gasteiger partial charge on any atom is 0.419 e. The van der Waals surface area contributed by atoms with Crippen LogP contribution < -0.4 is 10.5 Å². The lowest BCUT2D eigenvalue weighted by Gasteiger charge is -2.15. The largest absolute Gasteiger partial charge is 0.483 e. The Morgan fingerprint density at radius 1 is 1.37 bits per heavy atom. The van der Waals surface area contributed by atoms with E-state index in [9.17, 15) is 9.59 Å². The van der Waals surface area contributed by atoms with E-state index in [0.717, 1.165) is 11.3 Å². The highest BCUT2D eigenvalue weighted by Gasteiger charge is 2.19. The normalized spacial score (nSPS) is 13.5. The van der Waals surface area contributed by atoms with Crippen molar-refractivity contribution in [2.45, 2.75) is 33.4 Å². The molecule has 0 aliphatic rings. The topological polar surface area (TPSA) is 94.6 Å². The molecule has 0 amide bonds. The van der Waals surface area contributed by atoms with Crippen molar-refractivity contribution in [3.63, 3.8) is 0 Å². The molecule has 27 heavy (non-hydrogen) atoms. The molecular formula is C19H19ClN2O5. The fourth-order valence-electron chi connectivity index (χ4n) is 2.65. The summed E-state index contributed by atoms with van der Waals surface area (Å²) in [5, 5.41) is 9.36. The van der Waals surface area contributed by atoms with E-state index in [1.54, 1.807) is 12.3 Å². The van der Waals surface area contributed by atoms with E-state index < -0.39 is 17.6 Å². The predicted octanol–water partition coefficient (Wildman–Crippen LogP) is 3.81. The molecule has 3 rings (SSSR count). The van der Waals surface area contributed by atoms with Crippen molar-refractivity contribution in [3.05, 3.63) is 57.3 Å². The van der Waals surface area contributed by atoms with Crippen LogP contribution in [-0.2, 0) is 11.3 Å². The summed E-state index contributed by atoms with van der Waals surface area (Å²) in [7, 11) is 0. The SMILES string of the molecule is Cc1ccc(C(C)Oc2cc3oc(=O)n(CC(C)C(=O)O)c3cc2Cl)nc1. The number of nitrogens with zero attached hydrogens (tertiary/aromatic N) is 2. The Balaban J connectivity index is 1.92. The van der Waals surface area contributed by atoms with Crippen LogP contribution in [0.15, 0.2) is 39.7 Å². The van der Waals surface area contributed by atoms with Gasteiger partial charge in [-0.15, -0.1) is 0 Å². The zero-order chi connectivity index (χ0) is 19.7. The number of oxazole rings is 1. The van der Waals surface area contributed by atoms with Crippen LogP contribution in [0.1, 0.15) is 31.2 Å². The van der Waals surface area contributed by atoms with Gasteiger partial charge in [0.25, 0.3) is 0 Å². The molecule has 1 aromatic carbocycles. The molecule has 1 N–H and O–H groups in total. The van der Waals surface area contributed by atoms with E-state index in [-0.39, 0.29) is 18.2 Å². The maximum atomic E-state index is 12.1. The molecule has 0 aliphatic heterocycles. The molecule has 7 nitrogen and oxygen atoms in total. The van der Waals surface area contributed by atoms with Crippen LogP contribution in [0.3, 0.4) is 0 Å². The van der Waals surface area contributed by atoms with Crippen molar-refractivity contribution in [2.75, 3.05) is 0 Å². The predicted molar refractivity (Wildman–Crippen MR) is 100 cm³/mol. The molecule has 3 aromatic rings. The molecule has 0 saturated carbocycles. The lowest BCUT2D eigenvalue weighted by molar-refractivity contribution is -0.141. The Kier molecular flexibility index (Phi) is 5.23. The molecule has 8 heteroatoms. The zero-order valence-corrected chi connectivity index (χ0v) is 15.9. The molecular weight excluding hydrogens is 372 g/mol. The van der Waals surface area contributed by atoms with Crippen LogP contribution >= 0.6 is 11.6 Å². The monoisotopic (exact) mass is 390 g/mol. The van der Waals surface area contributed by atoms with Gasteiger partial charge in [0, 0.05) is 18.8 Å². The van der Waals surface area contributed by atoms with E-state index in [4.69, 9.17) is 25.9 Å². The molecule has 2 unspecified atom stereocenters. The van der Waals surface area contributed by atoms with Crippen LogP contribution in [0, 0.1) is 12.8 Å². The summed E-state index contributed by atoms with van der Waals surface area (Å²) in [5.74, 6) is -2.03. The lowest BCUT2D eigenvalue weighted by atomic mass is 10.2. The van der Waals surface area contributed by atoms with Crippen LogP contribution in [-0.4, -0.2) is 20.6 Å². The number of aromatic nitrogens is 2. The van der Waals surface area contributed by atoms with Gasteiger partial charge in [-0.25, -0.2) is 4.79 Å². The third kappa shape index (κ3) is 3.98. The van der Waals surface area contributed by atoms with Gasteiger partial charge in [0.1, 0.15) is 11.9 Å². The Morgan fingerprint density at radius 2 is 2.11 bits per heavy atom. The highest BCUT2D eigenvalue weighted by Crippen LogP contribution is 2.33. The smallest absolute Gasteiger partial charge is 0.419 e. The number of hydrogen-bond donors (Lipinski definition) is 1. The average molecular weight is 391 g/mol. The second kappa shape index (κ2) is 7.44. The first-order chi connectivity index (χ1) is 12.8. The van der Waals surface area contributed by atoms with Gasteiger partial charge in [-0.3, -0.25) is 14.3 Å². The number of rotatable bonds is 6. The second-order valence-corrected chi connectivity index (χ2v) is 6.90. The third-order valence-corrected chi connectivity index (χ3v) is 4.55. The van der Waals surface area contributed by atoms with Crippen molar-refractivity contribution < 1.29 is 19.1 Å². The number of aryl methyl sites for hydroxylation is 1. The number of pyridine rings is 1. The van der Waals surface area contributed by atoms with Crippen LogP contribution in [0.2, 0.25) is 5.02 Å². The molecule has 0 spiro atoms. The van der Waals surface area contributed by atoms with Gasteiger partial charge in [-0.1, -0.05) is 24.6 Å². The minimum atomic E-state index is -0.998. The Bertz CT molecular complexity index is 1040. The van der Waals surface area contributed by atoms with E-state index in [2.05, 4.69) is 4.98 Å². The van der Waals surface area contributed by atoms with Gasteiger partial charge in [-0.2, -0.15) is 0 Å². The first kappa shape index (κ1) is 19.0. The number of halogens is 1. The summed E-state index contributed by atoms with van der Waals surface area (Å²) in [6.07, 6.45) is 1.39. The van der Waals surface area contributed by atoms with Gasteiger partial charge >= 0.3 is 11.7 Å². The molecule has 142 valence electrons. The summed E-state index contributed by atoms with van der Waals surface area (Å²) in [6, 6.07) is 6.89. The van der Waals surface area contributed by atoms with Crippen molar-refractivity contribution in [2.24, 2.45) is 5.92 Å². The quantitative estimate of drug-likeness (QED) is 0.687. The van der Waals surface area contributed by atoms with Crippen molar-refractivity contribution in [1.82, 2.24) is 9.55 Å². The number of carbonyl (C=O) groups is 1. The molecule has 2 heterocycles. The highest BCUT2D eigenvalue weighted by molar-refractivity contribution is 6.32. The van der Waals surface area contributed by atoms with Gasteiger partial charge in [0.05, 0.1) is 22.2 Å². The molecule has 2 aromatic heterocycles. The Labute approximate surface area is 160 Å². The molecule has 0 saturated heterocycles.